The molecule has 0 saturated carbocycles. The number of hydrogen-bond donors (Lipinski definition) is 0. The molecule has 13 heavy (non-hydrogen) atoms. The summed E-state index contributed by atoms with van der Waals surface area (Å²) in [5, 5.41) is 0. The number of benzene rings is 1. The van der Waals surface area contributed by atoms with Crippen molar-refractivity contribution in [2.45, 2.75) is 6.92 Å². The molecule has 0 saturated heterocycles. The van der Waals surface area contributed by atoms with Crippen molar-refractivity contribution in [3.8, 4) is 5.75 Å². The van der Waals surface area contributed by atoms with Crippen molar-refractivity contribution in [1.29, 1.82) is 0 Å². The third-order valence-electron chi connectivity index (χ3n) is 1.25. The summed E-state index contributed by atoms with van der Waals surface area (Å²) in [5.74, 6) is 0.354. The highest BCUT2D eigenvalue weighted by Gasteiger charge is 2.09. The van der Waals surface area contributed by atoms with Gasteiger partial charge in [-0.2, -0.15) is 0 Å². The summed E-state index contributed by atoms with van der Waals surface area (Å²) in [7, 11) is 0. The maximum Gasteiger partial charge on any atom is 0.308 e. The van der Waals surface area contributed by atoms with E-state index in [0.717, 1.165) is 7.14 Å². The van der Waals surface area contributed by atoms with Crippen LogP contribution in [0.25, 0.3) is 0 Å². The maximum absolute atomic E-state index is 10.7. The first-order chi connectivity index (χ1) is 6.02. The summed E-state index contributed by atoms with van der Waals surface area (Å²) in [5.41, 5.74) is 0. The van der Waals surface area contributed by atoms with E-state index in [1.54, 1.807) is 0 Å². The van der Waals surface area contributed by atoms with Crippen molar-refractivity contribution in [3.63, 3.8) is 0 Å². The molecule has 1 aromatic carbocycles. The van der Waals surface area contributed by atoms with Gasteiger partial charge < -0.3 is 4.74 Å². The lowest BCUT2D eigenvalue weighted by Gasteiger charge is -2.06. The van der Waals surface area contributed by atoms with Crippen LogP contribution in [0.15, 0.2) is 12.1 Å². The summed E-state index contributed by atoms with van der Waals surface area (Å²) in [6.07, 6.45) is 0. The van der Waals surface area contributed by atoms with Gasteiger partial charge in [0.25, 0.3) is 0 Å². The number of carbonyl (C=O) groups excluding carboxylic acids is 1. The maximum atomic E-state index is 10.7. The zero-order valence-electron chi connectivity index (χ0n) is 6.61. The number of esters is 1. The predicted molar refractivity (Wildman–Crippen MR) is 75.9 cm³/mol. The van der Waals surface area contributed by atoms with Crippen molar-refractivity contribution in [2.75, 3.05) is 0 Å². The minimum Gasteiger partial charge on any atom is -0.426 e. The largest absolute Gasteiger partial charge is 0.426 e. The number of rotatable bonds is 1. The van der Waals surface area contributed by atoms with Gasteiger partial charge in [-0.15, -0.1) is 0 Å². The number of hydrogen-bond acceptors (Lipinski definition) is 2. The fourth-order valence-electron chi connectivity index (χ4n) is 0.742. The fourth-order valence-corrected chi connectivity index (χ4v) is 2.73. The Morgan fingerprint density at radius 1 is 1.23 bits per heavy atom. The Hall–Kier alpha value is 0.880. The highest BCUT2D eigenvalue weighted by Crippen LogP contribution is 2.29. The average Bonchev–Trinajstić information content (AvgIpc) is 2.06. The molecule has 2 nitrogen and oxygen atoms in total. The first-order valence-corrected chi connectivity index (χ1v) is 6.58. The van der Waals surface area contributed by atoms with Crippen LogP contribution < -0.4 is 4.74 Å². The van der Waals surface area contributed by atoms with E-state index in [9.17, 15) is 4.79 Å². The number of halogens is 3. The van der Waals surface area contributed by atoms with E-state index in [-0.39, 0.29) is 5.97 Å². The Labute approximate surface area is 117 Å². The van der Waals surface area contributed by atoms with E-state index in [4.69, 9.17) is 4.74 Å². The highest BCUT2D eigenvalue weighted by molar-refractivity contribution is 14.1. The first-order valence-electron chi connectivity index (χ1n) is 3.34. The van der Waals surface area contributed by atoms with Crippen molar-refractivity contribution >= 4 is 73.7 Å². The Kier molecular flexibility index (Phi) is 4.69. The van der Waals surface area contributed by atoms with Gasteiger partial charge in [0.1, 0.15) is 5.75 Å². The summed E-state index contributed by atoms with van der Waals surface area (Å²) in [6, 6.07) is 3.75. The summed E-state index contributed by atoms with van der Waals surface area (Å²) < 4.78 is 8.30. The van der Waals surface area contributed by atoms with Crippen LogP contribution in [0.1, 0.15) is 6.92 Å². The average molecular weight is 514 g/mol. The lowest BCUT2D eigenvalue weighted by atomic mass is 10.3. The molecule has 70 valence electrons. The number of carbonyl (C=O) groups is 1. The molecule has 1 rings (SSSR count). The molecule has 0 N–H and O–H groups in total. The van der Waals surface area contributed by atoms with E-state index in [1.165, 1.54) is 10.5 Å². The molecule has 0 bridgehead atoms. The molecular weight excluding hydrogens is 509 g/mol. The van der Waals surface area contributed by atoms with Crippen LogP contribution in [-0.2, 0) is 4.79 Å². The van der Waals surface area contributed by atoms with Gasteiger partial charge in [-0.1, -0.05) is 0 Å². The van der Waals surface area contributed by atoms with Gasteiger partial charge in [-0.05, 0) is 79.9 Å². The van der Waals surface area contributed by atoms with Crippen LogP contribution in [-0.4, -0.2) is 5.97 Å². The lowest BCUT2D eigenvalue weighted by molar-refractivity contribution is -0.131. The molecular formula is C8H5I3O2. The molecule has 0 heterocycles. The number of ether oxygens (including phenoxy) is 1. The lowest BCUT2D eigenvalue weighted by Crippen LogP contribution is -2.03. The smallest absolute Gasteiger partial charge is 0.308 e. The molecule has 0 aliphatic rings. The molecule has 0 aromatic heterocycles. The molecule has 1 aromatic rings. The van der Waals surface area contributed by atoms with Gasteiger partial charge in [0, 0.05) is 14.1 Å². The summed E-state index contributed by atoms with van der Waals surface area (Å²) in [4.78, 5) is 10.7. The normalized spacial score (nSPS) is 9.85. The molecule has 0 unspecified atom stereocenters. The minimum absolute atomic E-state index is 0.282. The zero-order chi connectivity index (χ0) is 10.0. The van der Waals surface area contributed by atoms with E-state index >= 15 is 0 Å². The Balaban J connectivity index is 3.10. The SMILES string of the molecule is CC(=O)Oc1ccc(I)c(I)c1I. The van der Waals surface area contributed by atoms with Crippen LogP contribution in [0.5, 0.6) is 5.75 Å². The van der Waals surface area contributed by atoms with Gasteiger partial charge in [0.2, 0.25) is 0 Å². The second-order valence-electron chi connectivity index (χ2n) is 2.27. The van der Waals surface area contributed by atoms with E-state index in [2.05, 4.69) is 67.8 Å². The van der Waals surface area contributed by atoms with E-state index in [0.29, 0.717) is 5.75 Å². The Morgan fingerprint density at radius 2 is 1.85 bits per heavy atom. The van der Waals surface area contributed by atoms with Crippen molar-refractivity contribution in [3.05, 3.63) is 22.8 Å². The van der Waals surface area contributed by atoms with Crippen molar-refractivity contribution < 1.29 is 9.53 Å². The third kappa shape index (κ3) is 3.18. The summed E-state index contributed by atoms with van der Waals surface area (Å²) in [6.45, 7) is 1.40. The topological polar surface area (TPSA) is 26.3 Å². The van der Waals surface area contributed by atoms with Gasteiger partial charge >= 0.3 is 5.97 Å². The van der Waals surface area contributed by atoms with Gasteiger partial charge in [-0.3, -0.25) is 4.79 Å². The minimum atomic E-state index is -0.282. The van der Waals surface area contributed by atoms with E-state index < -0.39 is 0 Å². The second-order valence-corrected chi connectivity index (χ2v) is 5.59. The van der Waals surface area contributed by atoms with Crippen molar-refractivity contribution in [2.24, 2.45) is 0 Å². The quantitative estimate of drug-likeness (QED) is 0.249. The van der Waals surface area contributed by atoms with Crippen LogP contribution >= 0.6 is 67.8 Å². The first kappa shape index (κ1) is 12.0. The Bertz CT molecular complexity index is 349. The summed E-state index contributed by atoms with van der Waals surface area (Å²) >= 11 is 6.66. The van der Waals surface area contributed by atoms with Crippen LogP contribution in [0.2, 0.25) is 0 Å². The van der Waals surface area contributed by atoms with E-state index in [1.807, 2.05) is 12.1 Å². The molecule has 0 atom stereocenters. The van der Waals surface area contributed by atoms with Gasteiger partial charge in [-0.25, -0.2) is 0 Å². The van der Waals surface area contributed by atoms with Crippen LogP contribution in [0.4, 0.5) is 0 Å². The molecule has 0 radical (unpaired) electrons. The van der Waals surface area contributed by atoms with Gasteiger partial charge in [0.05, 0.1) is 3.57 Å². The standard InChI is InChI=1S/C8H5I3O2/c1-4(12)13-6-3-2-5(9)7(10)8(6)11/h2-3H,1H3. The molecule has 5 heteroatoms. The molecule has 0 aliphatic carbocycles. The Morgan fingerprint density at radius 3 is 2.38 bits per heavy atom. The molecule has 0 fully saturated rings. The van der Waals surface area contributed by atoms with Crippen LogP contribution in [0, 0.1) is 10.7 Å². The fraction of sp³-hybridized carbons (Fsp3) is 0.125. The predicted octanol–water partition coefficient (Wildman–Crippen LogP) is 3.43. The highest BCUT2D eigenvalue weighted by atomic mass is 127. The second kappa shape index (κ2) is 5.10. The molecule has 0 amide bonds. The molecule has 0 spiro atoms. The monoisotopic (exact) mass is 514 g/mol. The molecule has 0 aliphatic heterocycles. The van der Waals surface area contributed by atoms with Gasteiger partial charge in [0.15, 0.2) is 0 Å². The zero-order valence-corrected chi connectivity index (χ0v) is 13.1. The third-order valence-corrected chi connectivity index (χ3v) is 6.41. The van der Waals surface area contributed by atoms with Crippen molar-refractivity contribution in [1.82, 2.24) is 0 Å². The van der Waals surface area contributed by atoms with Crippen LogP contribution in [0.3, 0.4) is 0 Å².